The number of carbonyl (C=O) groups is 1. The summed E-state index contributed by atoms with van der Waals surface area (Å²) in [7, 11) is 1.23. The molecule has 0 saturated carbocycles. The molecule has 0 fully saturated rings. The van der Waals surface area contributed by atoms with E-state index in [4.69, 9.17) is 5.11 Å². The van der Waals surface area contributed by atoms with E-state index in [1.807, 2.05) is 6.92 Å². The largest absolute Gasteiger partial charge is 0.494 e. The zero-order valence-electron chi connectivity index (χ0n) is 12.9. The molecule has 0 aliphatic rings. The number of ether oxygens (including phenoxy) is 1. The second kappa shape index (κ2) is 9.19. The molecule has 22 heavy (non-hydrogen) atoms. The molecule has 0 atom stereocenters. The lowest BCUT2D eigenvalue weighted by atomic mass is 10.2. The van der Waals surface area contributed by atoms with Crippen LogP contribution in [0, 0.1) is 11.6 Å². The fraction of sp³-hybridized carbons (Fsp3) is 0.533. The van der Waals surface area contributed by atoms with Crippen molar-refractivity contribution in [1.29, 1.82) is 0 Å². The predicted octanol–water partition coefficient (Wildman–Crippen LogP) is 2.99. The average Bonchev–Trinajstić information content (AvgIpc) is 2.50. The minimum atomic E-state index is -0.774. The topological polar surface area (TPSA) is 61.8 Å². The molecule has 0 aliphatic carbocycles. The number of rotatable bonds is 8. The van der Waals surface area contributed by atoms with Gasteiger partial charge in [0.05, 0.1) is 12.8 Å². The number of aliphatic hydroxyl groups is 1. The summed E-state index contributed by atoms with van der Waals surface area (Å²) < 4.78 is 32.1. The Hall–Kier alpha value is -1.89. The number of carbonyl (C=O) groups excluding carboxylic acids is 1. The van der Waals surface area contributed by atoms with Gasteiger partial charge in [-0.15, -0.1) is 0 Å². The zero-order chi connectivity index (χ0) is 16.5. The van der Waals surface area contributed by atoms with Crippen LogP contribution in [0.4, 0.5) is 19.3 Å². The lowest BCUT2D eigenvalue weighted by Gasteiger charge is -2.23. The molecular weight excluding hydrogens is 294 g/mol. The number of halogens is 2. The van der Waals surface area contributed by atoms with Crippen LogP contribution in [0.3, 0.4) is 0 Å². The van der Waals surface area contributed by atoms with Crippen molar-refractivity contribution in [3.05, 3.63) is 23.8 Å². The van der Waals surface area contributed by atoms with E-state index in [1.54, 1.807) is 0 Å². The number of benzene rings is 1. The summed E-state index contributed by atoms with van der Waals surface area (Å²) in [6.45, 7) is 2.78. The molecule has 0 saturated heterocycles. The number of hydrogen-bond donors (Lipinski definition) is 2. The zero-order valence-corrected chi connectivity index (χ0v) is 12.9. The first kappa shape index (κ1) is 18.2. The van der Waals surface area contributed by atoms with Crippen molar-refractivity contribution >= 4 is 11.7 Å². The Balaban J connectivity index is 2.81. The van der Waals surface area contributed by atoms with Gasteiger partial charge in [0.1, 0.15) is 0 Å². The van der Waals surface area contributed by atoms with Crippen molar-refractivity contribution < 1.29 is 23.4 Å². The van der Waals surface area contributed by atoms with Gasteiger partial charge in [-0.1, -0.05) is 13.3 Å². The van der Waals surface area contributed by atoms with E-state index in [1.165, 1.54) is 12.0 Å². The molecule has 1 aromatic rings. The first-order chi connectivity index (χ1) is 10.5. The summed E-state index contributed by atoms with van der Waals surface area (Å²) >= 11 is 0. The van der Waals surface area contributed by atoms with Crippen LogP contribution in [-0.2, 0) is 0 Å². The summed E-state index contributed by atoms with van der Waals surface area (Å²) in [4.78, 5) is 13.6. The first-order valence-corrected chi connectivity index (χ1v) is 7.23. The van der Waals surface area contributed by atoms with Crippen LogP contribution in [0.25, 0.3) is 0 Å². The van der Waals surface area contributed by atoms with Crippen molar-refractivity contribution in [3.8, 4) is 5.75 Å². The van der Waals surface area contributed by atoms with E-state index in [9.17, 15) is 13.6 Å². The smallest absolute Gasteiger partial charge is 0.321 e. The maximum Gasteiger partial charge on any atom is 0.321 e. The van der Waals surface area contributed by atoms with Crippen LogP contribution in [0.5, 0.6) is 5.75 Å². The van der Waals surface area contributed by atoms with Crippen LogP contribution in [0.2, 0.25) is 0 Å². The number of unbranched alkanes of at least 4 members (excludes halogenated alkanes) is 1. The average molecular weight is 316 g/mol. The van der Waals surface area contributed by atoms with E-state index in [0.717, 1.165) is 25.0 Å². The third-order valence-corrected chi connectivity index (χ3v) is 3.14. The van der Waals surface area contributed by atoms with Gasteiger partial charge in [-0.2, -0.15) is 0 Å². The Labute approximate surface area is 128 Å². The van der Waals surface area contributed by atoms with E-state index in [-0.39, 0.29) is 18.0 Å². The molecule has 0 aliphatic heterocycles. The second-order valence-electron chi connectivity index (χ2n) is 4.81. The highest BCUT2D eigenvalue weighted by atomic mass is 19.1. The molecule has 2 amide bonds. The summed E-state index contributed by atoms with van der Waals surface area (Å²) in [5.74, 6) is -1.75. The first-order valence-electron chi connectivity index (χ1n) is 7.23. The quantitative estimate of drug-likeness (QED) is 0.775. The van der Waals surface area contributed by atoms with Crippen molar-refractivity contribution in [3.63, 3.8) is 0 Å². The number of urea groups is 1. The summed E-state index contributed by atoms with van der Waals surface area (Å²) in [6, 6.07) is 1.25. The van der Waals surface area contributed by atoms with Crippen molar-refractivity contribution in [2.75, 3.05) is 32.1 Å². The molecule has 0 unspecified atom stereocenters. The molecular formula is C15H22F2N2O3. The Bertz CT molecular complexity index is 490. The molecule has 0 aromatic heterocycles. The molecule has 5 nitrogen and oxygen atoms in total. The summed E-state index contributed by atoms with van der Waals surface area (Å²) in [6.07, 6.45) is 2.11. The van der Waals surface area contributed by atoms with Gasteiger partial charge in [0, 0.05) is 31.8 Å². The molecule has 124 valence electrons. The predicted molar refractivity (Wildman–Crippen MR) is 80.1 cm³/mol. The number of methoxy groups -OCH3 is 1. The van der Waals surface area contributed by atoms with Crippen LogP contribution in [0.15, 0.2) is 12.1 Å². The van der Waals surface area contributed by atoms with E-state index >= 15 is 0 Å². The van der Waals surface area contributed by atoms with Gasteiger partial charge in [0.2, 0.25) is 0 Å². The highest BCUT2D eigenvalue weighted by molar-refractivity contribution is 5.89. The Morgan fingerprint density at radius 2 is 1.95 bits per heavy atom. The van der Waals surface area contributed by atoms with E-state index in [2.05, 4.69) is 10.1 Å². The minimum absolute atomic E-state index is 0.0402. The molecule has 1 aromatic carbocycles. The minimum Gasteiger partial charge on any atom is -0.494 e. The maximum absolute atomic E-state index is 13.8. The lowest BCUT2D eigenvalue weighted by Crippen LogP contribution is -2.37. The van der Waals surface area contributed by atoms with Crippen LogP contribution in [0.1, 0.15) is 26.2 Å². The molecule has 0 spiro atoms. The monoisotopic (exact) mass is 316 g/mol. The number of aliphatic hydroxyl groups excluding tert-OH is 1. The lowest BCUT2D eigenvalue weighted by molar-refractivity contribution is 0.201. The third kappa shape index (κ3) is 5.14. The van der Waals surface area contributed by atoms with Gasteiger partial charge in [0.15, 0.2) is 17.4 Å². The standard InChI is InChI=1S/C15H22F2N2O3/c1-3-4-6-19(7-5-8-20)15(21)18-13-9-12(17)14(22-2)10-11(13)16/h9-10,20H,3-8H2,1-2H3,(H,18,21). The van der Waals surface area contributed by atoms with Crippen molar-refractivity contribution in [1.82, 2.24) is 4.90 Å². The molecule has 2 N–H and O–H groups in total. The molecule has 0 radical (unpaired) electrons. The van der Waals surface area contributed by atoms with Crippen molar-refractivity contribution in [2.45, 2.75) is 26.2 Å². The molecule has 0 heterocycles. The Morgan fingerprint density at radius 3 is 2.55 bits per heavy atom. The van der Waals surface area contributed by atoms with Gasteiger partial charge in [-0.3, -0.25) is 0 Å². The third-order valence-electron chi connectivity index (χ3n) is 3.14. The second-order valence-corrected chi connectivity index (χ2v) is 4.81. The van der Waals surface area contributed by atoms with Gasteiger partial charge < -0.3 is 20.1 Å². The van der Waals surface area contributed by atoms with Gasteiger partial charge in [-0.05, 0) is 12.8 Å². The van der Waals surface area contributed by atoms with E-state index in [0.29, 0.717) is 19.5 Å². The van der Waals surface area contributed by atoms with Crippen LogP contribution < -0.4 is 10.1 Å². The summed E-state index contributed by atoms with van der Waals surface area (Å²) in [5.41, 5.74) is -0.242. The SMILES string of the molecule is CCCCN(CCCO)C(=O)Nc1cc(F)c(OC)cc1F. The number of nitrogens with zero attached hydrogens (tertiary/aromatic N) is 1. The van der Waals surface area contributed by atoms with E-state index < -0.39 is 17.7 Å². The molecule has 1 rings (SSSR count). The molecule has 0 bridgehead atoms. The number of anilines is 1. The Morgan fingerprint density at radius 1 is 1.27 bits per heavy atom. The fourth-order valence-corrected chi connectivity index (χ4v) is 1.90. The normalized spacial score (nSPS) is 10.4. The van der Waals surface area contributed by atoms with Crippen molar-refractivity contribution in [2.24, 2.45) is 0 Å². The highest BCUT2D eigenvalue weighted by Gasteiger charge is 2.17. The van der Waals surface area contributed by atoms with Crippen LogP contribution in [-0.4, -0.2) is 42.8 Å². The van der Waals surface area contributed by atoms with Gasteiger partial charge >= 0.3 is 6.03 Å². The number of amides is 2. The van der Waals surface area contributed by atoms with Gasteiger partial charge in [-0.25, -0.2) is 13.6 Å². The highest BCUT2D eigenvalue weighted by Crippen LogP contribution is 2.24. The number of hydrogen-bond acceptors (Lipinski definition) is 3. The number of nitrogens with one attached hydrogen (secondary N) is 1. The maximum atomic E-state index is 13.8. The fourth-order valence-electron chi connectivity index (χ4n) is 1.90. The Kier molecular flexibility index (Phi) is 7.59. The van der Waals surface area contributed by atoms with Gasteiger partial charge in [0.25, 0.3) is 0 Å². The summed E-state index contributed by atoms with van der Waals surface area (Å²) in [5, 5.41) is 11.2. The van der Waals surface area contributed by atoms with Crippen LogP contribution >= 0.6 is 0 Å². The molecule has 7 heteroatoms.